The minimum atomic E-state index is -0.122. The second kappa shape index (κ2) is 8.97. The Morgan fingerprint density at radius 2 is 1.94 bits per heavy atom. The molecule has 8 nitrogen and oxygen atoms in total. The predicted octanol–water partition coefficient (Wildman–Crippen LogP) is 4.02. The van der Waals surface area contributed by atoms with Crippen LogP contribution in [-0.2, 0) is 6.42 Å². The van der Waals surface area contributed by atoms with E-state index in [-0.39, 0.29) is 18.0 Å². The van der Waals surface area contributed by atoms with Gasteiger partial charge in [-0.2, -0.15) is 5.21 Å². The zero-order valence-electron chi connectivity index (χ0n) is 17.0. The average molecular weight is 433 g/mol. The van der Waals surface area contributed by atoms with Gasteiger partial charge in [-0.15, -0.1) is 21.5 Å². The van der Waals surface area contributed by atoms with Crippen molar-refractivity contribution in [2.45, 2.75) is 20.3 Å². The SMILES string of the molecule is CCOc1ccc(C(C)=O)cc1CC(=O)c1cc(-c2cscn2)cc(-c2nn[nH]n2)c1. The maximum absolute atomic E-state index is 13.3. The van der Waals surface area contributed by atoms with Gasteiger partial charge in [0.1, 0.15) is 5.75 Å². The number of benzene rings is 2. The molecule has 2 aromatic heterocycles. The number of H-pyrrole nitrogens is 1. The van der Waals surface area contributed by atoms with Crippen LogP contribution in [-0.4, -0.2) is 43.8 Å². The normalized spacial score (nSPS) is 10.8. The molecule has 0 spiro atoms. The number of tetrazole rings is 1. The Labute approximate surface area is 182 Å². The number of Topliss-reactive ketones (excluding diaryl/α,β-unsaturated/α-hetero) is 2. The Hall–Kier alpha value is -3.72. The van der Waals surface area contributed by atoms with Crippen LogP contribution >= 0.6 is 11.3 Å². The molecule has 9 heteroatoms. The van der Waals surface area contributed by atoms with Gasteiger partial charge < -0.3 is 4.74 Å². The fraction of sp³-hybridized carbons (Fsp3) is 0.182. The summed E-state index contributed by atoms with van der Waals surface area (Å²) >= 11 is 1.47. The molecule has 4 rings (SSSR count). The quantitative estimate of drug-likeness (QED) is 0.418. The van der Waals surface area contributed by atoms with Crippen molar-refractivity contribution in [3.05, 3.63) is 64.0 Å². The Morgan fingerprint density at radius 1 is 1.10 bits per heavy atom. The molecule has 2 aromatic carbocycles. The average Bonchev–Trinajstić information content (AvgIpc) is 3.49. The van der Waals surface area contributed by atoms with Gasteiger partial charge in [0.25, 0.3) is 0 Å². The summed E-state index contributed by atoms with van der Waals surface area (Å²) in [6.07, 6.45) is 0.0860. The molecule has 2 heterocycles. The molecular weight excluding hydrogens is 414 g/mol. The number of carbonyl (C=O) groups is 2. The summed E-state index contributed by atoms with van der Waals surface area (Å²) in [5.41, 5.74) is 5.63. The highest BCUT2D eigenvalue weighted by Gasteiger charge is 2.17. The maximum Gasteiger partial charge on any atom is 0.204 e. The predicted molar refractivity (Wildman–Crippen MR) is 116 cm³/mol. The molecule has 0 fully saturated rings. The van der Waals surface area contributed by atoms with E-state index in [4.69, 9.17) is 4.74 Å². The lowest BCUT2D eigenvalue weighted by Crippen LogP contribution is -2.08. The Bertz CT molecular complexity index is 1170. The standard InChI is InChI=1S/C22H19N5O3S/c1-3-30-21-5-4-14(13(2)28)6-17(21)10-20(29)16-7-15(19-11-31-12-23-19)8-18(9-16)22-24-26-27-25-22/h4-9,11-12H,3,10H2,1-2H3,(H,24,25,26,27). The summed E-state index contributed by atoms with van der Waals surface area (Å²) in [6.45, 7) is 3.83. The third-order valence-electron chi connectivity index (χ3n) is 4.70. The minimum Gasteiger partial charge on any atom is -0.494 e. The molecule has 0 amide bonds. The van der Waals surface area contributed by atoms with Crippen LogP contribution in [0.5, 0.6) is 5.75 Å². The highest BCUT2D eigenvalue weighted by Crippen LogP contribution is 2.28. The lowest BCUT2D eigenvalue weighted by molar-refractivity contribution is 0.0986. The second-order valence-electron chi connectivity index (χ2n) is 6.82. The minimum absolute atomic E-state index is 0.0679. The van der Waals surface area contributed by atoms with Crippen molar-refractivity contribution in [2.75, 3.05) is 6.61 Å². The van der Waals surface area contributed by atoms with E-state index in [2.05, 4.69) is 25.6 Å². The number of rotatable bonds is 8. The van der Waals surface area contributed by atoms with Crippen molar-refractivity contribution >= 4 is 22.9 Å². The molecular formula is C22H19N5O3S. The van der Waals surface area contributed by atoms with Crippen LogP contribution < -0.4 is 4.74 Å². The molecule has 31 heavy (non-hydrogen) atoms. The molecule has 0 aliphatic heterocycles. The first kappa shape index (κ1) is 20.5. The third kappa shape index (κ3) is 4.56. The molecule has 4 aromatic rings. The van der Waals surface area contributed by atoms with E-state index in [9.17, 15) is 9.59 Å². The number of ether oxygens (including phenoxy) is 1. The fourth-order valence-electron chi connectivity index (χ4n) is 3.21. The van der Waals surface area contributed by atoms with Crippen molar-refractivity contribution in [1.29, 1.82) is 0 Å². The Balaban J connectivity index is 1.73. The molecule has 0 radical (unpaired) electrons. The van der Waals surface area contributed by atoms with E-state index in [1.165, 1.54) is 18.3 Å². The van der Waals surface area contributed by atoms with Crippen LogP contribution in [0, 0.1) is 0 Å². The number of nitrogens with zero attached hydrogens (tertiary/aromatic N) is 4. The first-order valence-corrected chi connectivity index (χ1v) is 10.6. The largest absolute Gasteiger partial charge is 0.494 e. The number of aromatic nitrogens is 5. The molecule has 0 saturated heterocycles. The zero-order valence-corrected chi connectivity index (χ0v) is 17.8. The molecule has 1 N–H and O–H groups in total. The first-order valence-electron chi connectivity index (χ1n) is 9.62. The molecule has 0 unspecified atom stereocenters. The van der Waals surface area contributed by atoms with Gasteiger partial charge in [0, 0.05) is 39.6 Å². The number of ketones is 2. The number of aromatic amines is 1. The Kier molecular flexibility index (Phi) is 5.94. The summed E-state index contributed by atoms with van der Waals surface area (Å²) < 4.78 is 5.67. The van der Waals surface area contributed by atoms with Crippen LogP contribution in [0.1, 0.15) is 40.1 Å². The molecule has 0 atom stereocenters. The molecule has 0 saturated carbocycles. The fourth-order valence-corrected chi connectivity index (χ4v) is 3.77. The van der Waals surface area contributed by atoms with Crippen LogP contribution in [0.25, 0.3) is 22.6 Å². The van der Waals surface area contributed by atoms with E-state index < -0.39 is 0 Å². The van der Waals surface area contributed by atoms with Gasteiger partial charge in [-0.05, 0) is 55.5 Å². The summed E-state index contributed by atoms with van der Waals surface area (Å²) in [5, 5.41) is 16.0. The summed E-state index contributed by atoms with van der Waals surface area (Å²) in [4.78, 5) is 29.4. The van der Waals surface area contributed by atoms with Crippen molar-refractivity contribution in [3.63, 3.8) is 0 Å². The molecule has 156 valence electrons. The van der Waals surface area contributed by atoms with Gasteiger partial charge >= 0.3 is 0 Å². The van der Waals surface area contributed by atoms with Crippen LogP contribution in [0.4, 0.5) is 0 Å². The summed E-state index contributed by atoms with van der Waals surface area (Å²) in [6, 6.07) is 10.6. The third-order valence-corrected chi connectivity index (χ3v) is 5.29. The number of carbonyl (C=O) groups excluding carboxylic acids is 2. The molecule has 0 aliphatic carbocycles. The van der Waals surface area contributed by atoms with Crippen molar-refractivity contribution in [2.24, 2.45) is 0 Å². The van der Waals surface area contributed by atoms with Gasteiger partial charge in [0.15, 0.2) is 11.6 Å². The summed E-state index contributed by atoms with van der Waals surface area (Å²) in [5.74, 6) is 0.791. The van der Waals surface area contributed by atoms with E-state index in [1.807, 2.05) is 18.4 Å². The van der Waals surface area contributed by atoms with Crippen LogP contribution in [0.2, 0.25) is 0 Å². The van der Waals surface area contributed by atoms with E-state index >= 15 is 0 Å². The Morgan fingerprint density at radius 3 is 2.61 bits per heavy atom. The highest BCUT2D eigenvalue weighted by molar-refractivity contribution is 7.07. The molecule has 0 aliphatic rings. The van der Waals surface area contributed by atoms with E-state index in [1.54, 1.807) is 35.8 Å². The second-order valence-corrected chi connectivity index (χ2v) is 7.54. The number of nitrogens with one attached hydrogen (secondary N) is 1. The lowest BCUT2D eigenvalue weighted by atomic mass is 9.96. The van der Waals surface area contributed by atoms with Gasteiger partial charge in [-0.3, -0.25) is 9.59 Å². The van der Waals surface area contributed by atoms with Gasteiger partial charge in [-0.1, -0.05) is 0 Å². The number of hydrogen-bond donors (Lipinski definition) is 1. The van der Waals surface area contributed by atoms with Crippen LogP contribution in [0.15, 0.2) is 47.3 Å². The van der Waals surface area contributed by atoms with Crippen molar-refractivity contribution < 1.29 is 14.3 Å². The van der Waals surface area contributed by atoms with E-state index in [0.717, 1.165) is 11.3 Å². The monoisotopic (exact) mass is 433 g/mol. The van der Waals surface area contributed by atoms with Crippen molar-refractivity contribution in [3.8, 4) is 28.4 Å². The highest BCUT2D eigenvalue weighted by atomic mass is 32.1. The van der Waals surface area contributed by atoms with E-state index in [0.29, 0.717) is 40.4 Å². The van der Waals surface area contributed by atoms with Crippen molar-refractivity contribution in [1.82, 2.24) is 25.6 Å². The van der Waals surface area contributed by atoms with Crippen LogP contribution in [0.3, 0.4) is 0 Å². The number of thiazole rings is 1. The maximum atomic E-state index is 13.3. The zero-order chi connectivity index (χ0) is 21.8. The lowest BCUT2D eigenvalue weighted by Gasteiger charge is -2.12. The van der Waals surface area contributed by atoms with Gasteiger partial charge in [0.05, 0.1) is 17.8 Å². The number of hydrogen-bond acceptors (Lipinski definition) is 8. The smallest absolute Gasteiger partial charge is 0.204 e. The topological polar surface area (TPSA) is 111 Å². The summed E-state index contributed by atoms with van der Waals surface area (Å²) in [7, 11) is 0. The van der Waals surface area contributed by atoms with Gasteiger partial charge in [-0.25, -0.2) is 4.98 Å². The first-order chi connectivity index (χ1) is 15.0. The molecule has 0 bridgehead atoms. The van der Waals surface area contributed by atoms with Gasteiger partial charge in [0.2, 0.25) is 5.82 Å².